The molecular weight excluding hydrogens is 377 g/mol. The molecule has 0 bridgehead atoms. The van der Waals surface area contributed by atoms with Crippen molar-refractivity contribution in [1.82, 2.24) is 10.2 Å². The van der Waals surface area contributed by atoms with Crippen LogP contribution in [0.1, 0.15) is 10.5 Å². The lowest BCUT2D eigenvalue weighted by molar-refractivity contribution is 0.106. The molecule has 0 radical (unpaired) electrons. The Balaban J connectivity index is 2.23. The fraction of sp³-hybridized carbons (Fsp3) is 0. The molecule has 1 heterocycles. The van der Waals surface area contributed by atoms with E-state index in [1.807, 2.05) is 91.0 Å². The molecule has 1 aromatic heterocycles. The monoisotopic (exact) mass is 395 g/mol. The molecule has 0 fully saturated rings. The van der Waals surface area contributed by atoms with Crippen LogP contribution >= 0.6 is 6.89 Å². The first-order valence-electron chi connectivity index (χ1n) is 9.16. The number of Topliss-reactive ketones (excluding diaryl/α,β-unsaturated/α-hetero) is 1. The second-order valence-electron chi connectivity index (χ2n) is 6.44. The molecule has 0 spiro atoms. The van der Waals surface area contributed by atoms with Gasteiger partial charge in [-0.25, -0.2) is 0 Å². The number of nitrogens with zero attached hydrogens (tertiary/aromatic N) is 2. The molecule has 0 saturated carbocycles. The van der Waals surface area contributed by atoms with Gasteiger partial charge < -0.3 is 0 Å². The molecule has 0 aliphatic rings. The van der Waals surface area contributed by atoms with Gasteiger partial charge in [0.05, 0.1) is 0 Å². The van der Waals surface area contributed by atoms with E-state index in [-0.39, 0.29) is 11.1 Å². The van der Waals surface area contributed by atoms with Crippen LogP contribution in [0.15, 0.2) is 103 Å². The van der Waals surface area contributed by atoms with Crippen LogP contribution in [0.3, 0.4) is 0 Å². The smallest absolute Gasteiger partial charge is 0.222 e. The topological polar surface area (TPSA) is 69.5 Å². The number of ketones is 1. The lowest BCUT2D eigenvalue weighted by atomic mass is 10.2. The Hall–Kier alpha value is -3.67. The predicted molar refractivity (Wildman–Crippen MR) is 119 cm³/mol. The Labute approximate surface area is 169 Å². The Morgan fingerprint density at radius 2 is 1.21 bits per heavy atom. The Bertz CT molecular complexity index is 1110. The summed E-state index contributed by atoms with van der Waals surface area (Å²) in [6.45, 7) is -2.70. The van der Waals surface area contributed by atoms with Crippen LogP contribution in [-0.4, -0.2) is 21.3 Å². The molecular formula is C24H18N3OP. The maximum atomic E-state index is 13.5. The van der Waals surface area contributed by atoms with Crippen molar-refractivity contribution in [2.75, 3.05) is 0 Å². The van der Waals surface area contributed by atoms with Crippen molar-refractivity contribution in [3.63, 3.8) is 0 Å². The molecule has 29 heavy (non-hydrogen) atoms. The van der Waals surface area contributed by atoms with Crippen molar-refractivity contribution in [2.24, 2.45) is 0 Å². The highest BCUT2D eigenvalue weighted by Crippen LogP contribution is 2.46. The summed E-state index contributed by atoms with van der Waals surface area (Å²) in [6.07, 6.45) is 1.52. The molecule has 4 aromatic rings. The van der Waals surface area contributed by atoms with Gasteiger partial charge in [0.2, 0.25) is 5.78 Å². The van der Waals surface area contributed by atoms with Crippen LogP contribution < -0.4 is 15.9 Å². The number of nitriles is 1. The number of H-pyrrole nitrogens is 1. The molecule has 4 rings (SSSR count). The minimum absolute atomic E-state index is 0.227. The first-order chi connectivity index (χ1) is 14.3. The van der Waals surface area contributed by atoms with E-state index in [4.69, 9.17) is 0 Å². The van der Waals surface area contributed by atoms with Gasteiger partial charge >= 0.3 is 0 Å². The summed E-state index contributed by atoms with van der Waals surface area (Å²) in [5.74, 6) is -0.324. The lowest BCUT2D eigenvalue weighted by Gasteiger charge is -2.29. The predicted octanol–water partition coefficient (Wildman–Crippen LogP) is 3.28. The van der Waals surface area contributed by atoms with Crippen LogP contribution in [0.2, 0.25) is 0 Å². The molecule has 140 valence electrons. The second-order valence-corrected chi connectivity index (χ2v) is 9.78. The normalized spacial score (nSPS) is 10.9. The Morgan fingerprint density at radius 1 is 0.759 bits per heavy atom. The highest BCUT2D eigenvalue weighted by atomic mass is 31.2. The largest absolute Gasteiger partial charge is 0.286 e. The lowest BCUT2D eigenvalue weighted by Crippen LogP contribution is -2.33. The Kier molecular flexibility index (Phi) is 5.24. The number of carbonyl (C=O) groups is 1. The third-order valence-electron chi connectivity index (χ3n) is 4.83. The average Bonchev–Trinajstić information content (AvgIpc) is 3.34. The van der Waals surface area contributed by atoms with Gasteiger partial charge in [-0.15, -0.1) is 0 Å². The van der Waals surface area contributed by atoms with Gasteiger partial charge in [-0.1, -0.05) is 91.0 Å². The number of nitrogens with one attached hydrogen (secondary N) is 1. The fourth-order valence-corrected chi connectivity index (χ4v) is 7.68. The highest BCUT2D eigenvalue weighted by molar-refractivity contribution is 7.97. The van der Waals surface area contributed by atoms with E-state index in [2.05, 4.69) is 16.3 Å². The molecule has 0 atom stereocenters. The number of hydrogen-bond donors (Lipinski definition) is 1. The quantitative estimate of drug-likeness (QED) is 0.417. The molecule has 3 aromatic carbocycles. The summed E-state index contributed by atoms with van der Waals surface area (Å²) in [6, 6.07) is 33.5. The summed E-state index contributed by atoms with van der Waals surface area (Å²) >= 11 is 0. The van der Waals surface area contributed by atoms with Crippen LogP contribution in [0.4, 0.5) is 0 Å². The average molecular weight is 395 g/mol. The van der Waals surface area contributed by atoms with Crippen molar-refractivity contribution in [3.8, 4) is 6.07 Å². The number of aromatic amines is 1. The van der Waals surface area contributed by atoms with Gasteiger partial charge in [0.15, 0.2) is 0 Å². The zero-order valence-corrected chi connectivity index (χ0v) is 16.5. The van der Waals surface area contributed by atoms with Crippen molar-refractivity contribution < 1.29 is 4.79 Å². The molecule has 0 unspecified atom stereocenters. The summed E-state index contributed by atoms with van der Waals surface area (Å²) in [7, 11) is 0. The summed E-state index contributed by atoms with van der Waals surface area (Å²) in [5, 5.41) is 20.0. The van der Waals surface area contributed by atoms with Gasteiger partial charge in [0.25, 0.3) is 0 Å². The second kappa shape index (κ2) is 8.14. The van der Waals surface area contributed by atoms with Crippen molar-refractivity contribution in [2.45, 2.75) is 0 Å². The summed E-state index contributed by atoms with van der Waals surface area (Å²) in [4.78, 5) is 13.5. The molecule has 5 heteroatoms. The van der Waals surface area contributed by atoms with E-state index in [1.54, 1.807) is 6.07 Å². The van der Waals surface area contributed by atoms with Crippen LogP contribution in [0.25, 0.3) is 0 Å². The van der Waals surface area contributed by atoms with Crippen LogP contribution in [0.5, 0.6) is 0 Å². The van der Waals surface area contributed by atoms with Crippen molar-refractivity contribution in [1.29, 1.82) is 5.26 Å². The minimum atomic E-state index is -2.70. The Morgan fingerprint density at radius 3 is 1.55 bits per heavy atom. The summed E-state index contributed by atoms with van der Waals surface area (Å²) in [5.41, 5.74) is 0.314. The first-order valence-corrected chi connectivity index (χ1v) is 10.9. The van der Waals surface area contributed by atoms with E-state index >= 15 is 0 Å². The number of aromatic nitrogens is 2. The minimum Gasteiger partial charge on any atom is -0.286 e. The zero-order valence-electron chi connectivity index (χ0n) is 15.6. The molecule has 0 saturated heterocycles. The SMILES string of the molecule is N#CC(C(=O)c1ccn[nH]1)=P(c1ccccc1)(c1ccccc1)c1ccccc1. The van der Waals surface area contributed by atoms with Gasteiger partial charge in [-0.05, 0) is 28.9 Å². The molecule has 0 amide bonds. The molecule has 0 aliphatic carbocycles. The third-order valence-corrected chi connectivity index (χ3v) is 9.02. The number of carbonyl (C=O) groups excluding carboxylic acids is 1. The molecule has 0 aliphatic heterocycles. The zero-order chi connectivity index (χ0) is 20.1. The van der Waals surface area contributed by atoms with E-state index in [0.29, 0.717) is 5.69 Å². The van der Waals surface area contributed by atoms with Crippen molar-refractivity contribution >= 4 is 33.9 Å². The number of hydrogen-bond acceptors (Lipinski definition) is 3. The van der Waals surface area contributed by atoms with Gasteiger partial charge in [0, 0.05) is 6.20 Å². The van der Waals surface area contributed by atoms with E-state index in [0.717, 1.165) is 15.9 Å². The van der Waals surface area contributed by atoms with Crippen LogP contribution in [-0.2, 0) is 0 Å². The van der Waals surface area contributed by atoms with E-state index in [9.17, 15) is 10.1 Å². The maximum absolute atomic E-state index is 13.5. The maximum Gasteiger partial charge on any atom is 0.222 e. The first kappa shape index (κ1) is 18.7. The molecule has 1 N–H and O–H groups in total. The highest BCUT2D eigenvalue weighted by Gasteiger charge is 2.34. The van der Waals surface area contributed by atoms with Crippen LogP contribution in [0, 0.1) is 11.3 Å². The van der Waals surface area contributed by atoms with Crippen molar-refractivity contribution in [3.05, 3.63) is 109 Å². The van der Waals surface area contributed by atoms with E-state index in [1.165, 1.54) is 6.20 Å². The fourth-order valence-electron chi connectivity index (χ4n) is 3.58. The number of rotatable bonds is 5. The van der Waals surface area contributed by atoms with Gasteiger partial charge in [-0.2, -0.15) is 10.4 Å². The standard InChI is InChI=1S/C24H18N3OP/c25-18-23(24(28)22-16-17-26-27-22)29(19-10-4-1-5-11-19,20-12-6-2-7-13-20)21-14-8-3-9-15-21/h1-17H,(H,26,27). The van der Waals surface area contributed by atoms with Gasteiger partial charge in [-0.3, -0.25) is 9.89 Å². The summed E-state index contributed by atoms with van der Waals surface area (Å²) < 4.78 is 0. The third kappa shape index (κ3) is 3.23. The molecule has 4 nitrogen and oxygen atoms in total. The van der Waals surface area contributed by atoms with E-state index < -0.39 is 6.89 Å². The number of benzene rings is 3. The van der Waals surface area contributed by atoms with Gasteiger partial charge in [0.1, 0.15) is 17.1 Å².